The quantitative estimate of drug-likeness (QED) is 0.346. The number of hydrogen-bond acceptors (Lipinski definition) is 4. The maximum absolute atomic E-state index is 14.0. The summed E-state index contributed by atoms with van der Waals surface area (Å²) in [5.41, 5.74) is 3.17. The molecule has 202 valence electrons. The summed E-state index contributed by atoms with van der Waals surface area (Å²) in [7, 11) is -3.79. The van der Waals surface area contributed by atoms with Crippen molar-refractivity contribution in [1.29, 1.82) is 0 Å². The Bertz CT molecular complexity index is 1330. The zero-order chi connectivity index (χ0) is 27.9. The Morgan fingerprint density at radius 1 is 0.895 bits per heavy atom. The number of anilines is 1. The second-order valence-electron chi connectivity index (χ2n) is 9.62. The van der Waals surface area contributed by atoms with E-state index in [1.54, 1.807) is 24.3 Å². The van der Waals surface area contributed by atoms with E-state index >= 15 is 0 Å². The molecule has 9 heteroatoms. The van der Waals surface area contributed by atoms with E-state index in [4.69, 9.17) is 0 Å². The first-order chi connectivity index (χ1) is 17.9. The minimum Gasteiger partial charge on any atom is -0.352 e. The lowest BCUT2D eigenvalue weighted by atomic mass is 10.0. The van der Waals surface area contributed by atoms with Crippen LogP contribution in [0.15, 0.2) is 83.3 Å². The summed E-state index contributed by atoms with van der Waals surface area (Å²) in [6.45, 7) is 5.42. The van der Waals surface area contributed by atoms with E-state index in [2.05, 4.69) is 21.2 Å². The molecule has 0 saturated carbocycles. The van der Waals surface area contributed by atoms with Gasteiger partial charge in [-0.1, -0.05) is 76.1 Å². The first-order valence-electron chi connectivity index (χ1n) is 12.4. The predicted octanol–water partition coefficient (Wildman–Crippen LogP) is 4.69. The number of rotatable bonds is 11. The van der Waals surface area contributed by atoms with Gasteiger partial charge in [-0.3, -0.25) is 13.9 Å². The number of nitrogens with zero attached hydrogens (tertiary/aromatic N) is 2. The van der Waals surface area contributed by atoms with Gasteiger partial charge in [0.05, 0.1) is 11.9 Å². The lowest BCUT2D eigenvalue weighted by Crippen LogP contribution is -2.54. The number of amides is 2. The van der Waals surface area contributed by atoms with Crippen molar-refractivity contribution in [2.75, 3.05) is 17.1 Å². The minimum atomic E-state index is -3.79. The Hall–Kier alpha value is -3.17. The number of sulfonamides is 1. The summed E-state index contributed by atoms with van der Waals surface area (Å²) in [4.78, 5) is 29.0. The molecule has 0 aromatic heterocycles. The number of aryl methyl sites for hydroxylation is 1. The average Bonchev–Trinajstić information content (AvgIpc) is 2.86. The maximum Gasteiger partial charge on any atom is 0.244 e. The highest BCUT2D eigenvalue weighted by Gasteiger charge is 2.33. The fraction of sp³-hybridized carbons (Fsp3) is 0.310. The standard InChI is InChI=1S/C29H34BrN3O4S/c1-21(2)31-29(35)27(18-23-8-6-5-7-9-23)32(19-24-12-10-22(3)11-13-24)28(34)20-33(38(4,36)37)26-16-14-25(30)15-17-26/h5-17,21,27H,18-20H2,1-4H3,(H,31,35)/t27-/m0/s1. The van der Waals surface area contributed by atoms with E-state index in [0.29, 0.717) is 5.69 Å². The lowest BCUT2D eigenvalue weighted by Gasteiger charge is -2.34. The molecule has 0 heterocycles. The van der Waals surface area contributed by atoms with Gasteiger partial charge in [0, 0.05) is 23.5 Å². The third-order valence-electron chi connectivity index (χ3n) is 5.97. The second kappa shape index (κ2) is 13.1. The smallest absolute Gasteiger partial charge is 0.244 e. The number of hydrogen-bond donors (Lipinski definition) is 1. The van der Waals surface area contributed by atoms with Crippen LogP contribution in [0.25, 0.3) is 0 Å². The summed E-state index contributed by atoms with van der Waals surface area (Å²) < 4.78 is 27.4. The van der Waals surface area contributed by atoms with Crippen molar-refractivity contribution in [3.8, 4) is 0 Å². The van der Waals surface area contributed by atoms with Crippen molar-refractivity contribution in [2.45, 2.75) is 45.8 Å². The van der Waals surface area contributed by atoms with Crippen LogP contribution in [0.5, 0.6) is 0 Å². The van der Waals surface area contributed by atoms with Crippen LogP contribution in [0.1, 0.15) is 30.5 Å². The average molecular weight is 601 g/mol. The highest BCUT2D eigenvalue weighted by molar-refractivity contribution is 9.10. The summed E-state index contributed by atoms with van der Waals surface area (Å²) in [6.07, 6.45) is 1.35. The van der Waals surface area contributed by atoms with Crippen molar-refractivity contribution in [3.05, 3.63) is 100 Å². The normalized spacial score (nSPS) is 12.2. The maximum atomic E-state index is 14.0. The minimum absolute atomic E-state index is 0.132. The molecule has 2 amide bonds. The fourth-order valence-electron chi connectivity index (χ4n) is 4.05. The molecule has 0 radical (unpaired) electrons. The molecule has 1 atom stereocenters. The van der Waals surface area contributed by atoms with E-state index in [1.165, 1.54) is 4.90 Å². The van der Waals surface area contributed by atoms with Crippen LogP contribution in [-0.4, -0.2) is 50.0 Å². The molecule has 3 aromatic rings. The van der Waals surface area contributed by atoms with Crippen LogP contribution in [0.4, 0.5) is 5.69 Å². The molecule has 0 unspecified atom stereocenters. The zero-order valence-corrected chi connectivity index (χ0v) is 24.5. The number of carbonyl (C=O) groups is 2. The Kier molecular flexibility index (Phi) is 10.1. The Morgan fingerprint density at radius 3 is 2.05 bits per heavy atom. The van der Waals surface area contributed by atoms with Crippen molar-refractivity contribution < 1.29 is 18.0 Å². The molecular weight excluding hydrogens is 566 g/mol. The molecule has 0 aliphatic carbocycles. The van der Waals surface area contributed by atoms with E-state index in [9.17, 15) is 18.0 Å². The van der Waals surface area contributed by atoms with Crippen molar-refractivity contribution in [3.63, 3.8) is 0 Å². The third kappa shape index (κ3) is 8.43. The number of carbonyl (C=O) groups excluding carboxylic acids is 2. The van der Waals surface area contributed by atoms with Crippen molar-refractivity contribution in [2.24, 2.45) is 0 Å². The molecule has 0 fully saturated rings. The molecule has 0 bridgehead atoms. The largest absolute Gasteiger partial charge is 0.352 e. The lowest BCUT2D eigenvalue weighted by molar-refractivity contribution is -0.140. The van der Waals surface area contributed by atoms with Gasteiger partial charge in [-0.25, -0.2) is 8.42 Å². The first-order valence-corrected chi connectivity index (χ1v) is 15.0. The molecule has 3 rings (SSSR count). The predicted molar refractivity (Wildman–Crippen MR) is 155 cm³/mol. The summed E-state index contributed by atoms with van der Waals surface area (Å²) in [5.74, 6) is -0.766. The summed E-state index contributed by atoms with van der Waals surface area (Å²) in [6, 6.07) is 22.9. The molecule has 1 N–H and O–H groups in total. The topological polar surface area (TPSA) is 86.8 Å². The SMILES string of the molecule is Cc1ccc(CN(C(=O)CN(c2ccc(Br)cc2)S(C)(=O)=O)[C@@H](Cc2ccccc2)C(=O)NC(C)C)cc1. The van der Waals surface area contributed by atoms with Crippen molar-refractivity contribution in [1.82, 2.24) is 10.2 Å². The van der Waals surface area contributed by atoms with E-state index in [1.807, 2.05) is 75.4 Å². The van der Waals surface area contributed by atoms with Crippen molar-refractivity contribution >= 4 is 43.5 Å². The molecule has 0 saturated heterocycles. The number of benzene rings is 3. The molecule has 38 heavy (non-hydrogen) atoms. The van der Waals surface area contributed by atoms with Gasteiger partial charge >= 0.3 is 0 Å². The van der Waals surface area contributed by atoms with Gasteiger partial charge in [0.25, 0.3) is 0 Å². The molecule has 0 aliphatic rings. The Balaban J connectivity index is 2.04. The molecule has 7 nitrogen and oxygen atoms in total. The molecular formula is C29H34BrN3O4S. The van der Waals surface area contributed by atoms with Gasteiger partial charge < -0.3 is 10.2 Å². The van der Waals surface area contributed by atoms with Crippen LogP contribution in [0, 0.1) is 6.92 Å². The van der Waals surface area contributed by atoms with E-state index < -0.39 is 28.5 Å². The van der Waals surface area contributed by atoms with Crippen LogP contribution in [0.3, 0.4) is 0 Å². The third-order valence-corrected chi connectivity index (χ3v) is 7.64. The first kappa shape index (κ1) is 29.4. The summed E-state index contributed by atoms with van der Waals surface area (Å²) in [5, 5.41) is 2.94. The number of halogens is 1. The Morgan fingerprint density at radius 2 is 1.50 bits per heavy atom. The van der Waals surface area contributed by atoms with Gasteiger partial charge in [-0.05, 0) is 56.2 Å². The van der Waals surface area contributed by atoms with Crippen LogP contribution in [-0.2, 0) is 32.6 Å². The highest BCUT2D eigenvalue weighted by atomic mass is 79.9. The van der Waals surface area contributed by atoms with Gasteiger partial charge in [0.1, 0.15) is 12.6 Å². The highest BCUT2D eigenvalue weighted by Crippen LogP contribution is 2.22. The van der Waals surface area contributed by atoms with Crippen LogP contribution in [0.2, 0.25) is 0 Å². The molecule has 3 aromatic carbocycles. The fourth-order valence-corrected chi connectivity index (χ4v) is 5.16. The van der Waals surface area contributed by atoms with Gasteiger partial charge in [0.2, 0.25) is 21.8 Å². The Labute approximate surface area is 234 Å². The van der Waals surface area contributed by atoms with E-state index in [-0.39, 0.29) is 24.9 Å². The zero-order valence-electron chi connectivity index (χ0n) is 22.1. The van der Waals surface area contributed by atoms with Crippen LogP contribution >= 0.6 is 15.9 Å². The van der Waals surface area contributed by atoms with Gasteiger partial charge in [0.15, 0.2) is 0 Å². The number of nitrogens with one attached hydrogen (secondary N) is 1. The molecule has 0 spiro atoms. The van der Waals surface area contributed by atoms with Gasteiger partial charge in [-0.2, -0.15) is 0 Å². The summed E-state index contributed by atoms with van der Waals surface area (Å²) >= 11 is 3.36. The monoisotopic (exact) mass is 599 g/mol. The molecule has 0 aliphatic heterocycles. The van der Waals surface area contributed by atoms with Gasteiger partial charge in [-0.15, -0.1) is 0 Å². The van der Waals surface area contributed by atoms with Crippen LogP contribution < -0.4 is 9.62 Å². The van der Waals surface area contributed by atoms with E-state index in [0.717, 1.165) is 31.7 Å². The second-order valence-corrected chi connectivity index (χ2v) is 12.4.